The van der Waals surface area contributed by atoms with Gasteiger partial charge in [-0.25, -0.2) is 0 Å². The van der Waals surface area contributed by atoms with Gasteiger partial charge in [0.25, 0.3) is 0 Å². The highest BCUT2D eigenvalue weighted by atomic mass is 127. The van der Waals surface area contributed by atoms with Crippen LogP contribution in [0.1, 0.15) is 51.5 Å². The second-order valence-electron chi connectivity index (χ2n) is 8.64. The zero-order valence-electron chi connectivity index (χ0n) is 19.5. The number of hydrogen-bond donors (Lipinski definition) is 2. The first-order valence-electron chi connectivity index (χ1n) is 11.7. The summed E-state index contributed by atoms with van der Waals surface area (Å²) in [5.74, 6) is 1.93. The average Bonchev–Trinajstić information content (AvgIpc) is 2.78. The van der Waals surface area contributed by atoms with Crippen molar-refractivity contribution in [3.05, 3.63) is 29.8 Å². The number of likely N-dealkylation sites (tertiary alicyclic amines) is 1. The van der Waals surface area contributed by atoms with Crippen LogP contribution in [-0.2, 0) is 14.9 Å². The number of hydrogen-bond acceptors (Lipinski definition) is 4. The fourth-order valence-corrected chi connectivity index (χ4v) is 4.73. The molecular formula is C24H39IN4O3. The maximum Gasteiger partial charge on any atom is 0.217 e. The topological polar surface area (TPSA) is 89.2 Å². The number of halogens is 1. The van der Waals surface area contributed by atoms with E-state index in [2.05, 4.69) is 41.4 Å². The van der Waals surface area contributed by atoms with Crippen LogP contribution in [0.4, 0.5) is 0 Å². The van der Waals surface area contributed by atoms with Gasteiger partial charge in [0.15, 0.2) is 5.96 Å². The van der Waals surface area contributed by atoms with E-state index in [1.165, 1.54) is 5.56 Å². The summed E-state index contributed by atoms with van der Waals surface area (Å²) in [5.41, 5.74) is 6.71. The number of guanidine groups is 1. The molecule has 8 heteroatoms. The Morgan fingerprint density at radius 1 is 1.28 bits per heavy atom. The quantitative estimate of drug-likeness (QED) is 0.291. The van der Waals surface area contributed by atoms with Crippen molar-refractivity contribution in [1.82, 2.24) is 10.2 Å². The number of carbonyl (C=O) groups excluding carboxylic acids is 1. The van der Waals surface area contributed by atoms with Gasteiger partial charge in [-0.1, -0.05) is 12.1 Å². The standard InChI is InChI=1S/C24H38N4O3.HI/c1-3-26-23(28-13-5-6-19(17-28)16-22(25)29)27-18-24(11-14-30-15-12-24)20-7-9-21(10-8-20)31-4-2;/h7-10,19H,3-6,11-18H2,1-2H3,(H2,25,29)(H,26,27);1H. The molecule has 0 spiro atoms. The van der Waals surface area contributed by atoms with E-state index in [1.807, 2.05) is 6.92 Å². The lowest BCUT2D eigenvalue weighted by atomic mass is 9.74. The first kappa shape index (κ1) is 26.7. The monoisotopic (exact) mass is 558 g/mol. The van der Waals surface area contributed by atoms with E-state index in [0.717, 1.165) is 70.2 Å². The lowest BCUT2D eigenvalue weighted by molar-refractivity contribution is -0.119. The molecule has 1 unspecified atom stereocenters. The Hall–Kier alpha value is -1.55. The number of primary amides is 1. The van der Waals surface area contributed by atoms with Crippen molar-refractivity contribution in [2.75, 3.05) is 46.0 Å². The molecule has 2 aliphatic heterocycles. The summed E-state index contributed by atoms with van der Waals surface area (Å²) in [6, 6.07) is 8.49. The molecule has 0 saturated carbocycles. The molecule has 1 atom stereocenters. The number of nitrogens with two attached hydrogens (primary N) is 1. The number of aliphatic imine (C=N–C) groups is 1. The Morgan fingerprint density at radius 3 is 2.62 bits per heavy atom. The molecule has 2 aliphatic rings. The zero-order valence-corrected chi connectivity index (χ0v) is 21.8. The highest BCUT2D eigenvalue weighted by Crippen LogP contribution is 2.36. The SMILES string of the molecule is CCNC(=NCC1(c2ccc(OCC)cc2)CCOCC1)N1CCCC(CC(N)=O)C1.I. The Morgan fingerprint density at radius 2 is 2.00 bits per heavy atom. The van der Waals surface area contributed by atoms with Crippen molar-refractivity contribution in [3.63, 3.8) is 0 Å². The van der Waals surface area contributed by atoms with Gasteiger partial charge in [-0.3, -0.25) is 9.79 Å². The molecule has 3 rings (SSSR count). The van der Waals surface area contributed by atoms with Gasteiger partial charge in [-0.2, -0.15) is 0 Å². The summed E-state index contributed by atoms with van der Waals surface area (Å²) in [6.07, 6.45) is 4.46. The van der Waals surface area contributed by atoms with Crippen LogP contribution < -0.4 is 15.8 Å². The molecule has 0 aliphatic carbocycles. The Labute approximate surface area is 209 Å². The van der Waals surface area contributed by atoms with E-state index in [9.17, 15) is 4.79 Å². The van der Waals surface area contributed by atoms with E-state index >= 15 is 0 Å². The first-order chi connectivity index (χ1) is 15.1. The second kappa shape index (κ2) is 13.2. The summed E-state index contributed by atoms with van der Waals surface area (Å²) in [6.45, 7) is 9.58. The zero-order chi connectivity index (χ0) is 22.1. The molecule has 0 bridgehead atoms. The van der Waals surface area contributed by atoms with Crippen LogP contribution in [-0.4, -0.2) is 62.8 Å². The molecule has 32 heavy (non-hydrogen) atoms. The minimum absolute atomic E-state index is 0. The fraction of sp³-hybridized carbons (Fsp3) is 0.667. The molecule has 180 valence electrons. The highest BCUT2D eigenvalue weighted by molar-refractivity contribution is 14.0. The number of nitrogens with zero attached hydrogens (tertiary/aromatic N) is 2. The average molecular weight is 559 g/mol. The number of nitrogens with one attached hydrogen (secondary N) is 1. The molecule has 1 aromatic carbocycles. The third-order valence-electron chi connectivity index (χ3n) is 6.40. The van der Waals surface area contributed by atoms with Gasteiger partial charge in [0.05, 0.1) is 13.2 Å². The van der Waals surface area contributed by atoms with Gasteiger partial charge in [-0.15, -0.1) is 24.0 Å². The summed E-state index contributed by atoms with van der Waals surface area (Å²) in [5, 5.41) is 3.47. The molecule has 1 aromatic rings. The molecular weight excluding hydrogens is 519 g/mol. The van der Waals surface area contributed by atoms with Crippen molar-refractivity contribution in [3.8, 4) is 5.75 Å². The smallest absolute Gasteiger partial charge is 0.217 e. The second-order valence-corrected chi connectivity index (χ2v) is 8.64. The van der Waals surface area contributed by atoms with Gasteiger partial charge < -0.3 is 25.4 Å². The Bertz CT molecular complexity index is 735. The van der Waals surface area contributed by atoms with Crippen LogP contribution in [0.15, 0.2) is 29.3 Å². The lowest BCUT2D eigenvalue weighted by Crippen LogP contribution is -2.48. The number of benzene rings is 1. The number of rotatable bonds is 8. The lowest BCUT2D eigenvalue weighted by Gasteiger charge is -2.38. The molecule has 2 saturated heterocycles. The third kappa shape index (κ3) is 7.23. The summed E-state index contributed by atoms with van der Waals surface area (Å²) >= 11 is 0. The van der Waals surface area contributed by atoms with Crippen LogP contribution in [0.3, 0.4) is 0 Å². The number of carbonyl (C=O) groups is 1. The van der Waals surface area contributed by atoms with Gasteiger partial charge in [-0.05, 0) is 63.1 Å². The van der Waals surface area contributed by atoms with E-state index in [4.69, 9.17) is 20.2 Å². The van der Waals surface area contributed by atoms with E-state index in [1.54, 1.807) is 0 Å². The molecule has 1 amide bonds. The number of ether oxygens (including phenoxy) is 2. The third-order valence-corrected chi connectivity index (χ3v) is 6.40. The van der Waals surface area contributed by atoms with Gasteiger partial charge in [0, 0.05) is 44.7 Å². The van der Waals surface area contributed by atoms with Gasteiger partial charge in [0.1, 0.15) is 5.75 Å². The van der Waals surface area contributed by atoms with Crippen molar-refractivity contribution < 1.29 is 14.3 Å². The normalized spacial score (nSPS) is 20.9. The van der Waals surface area contributed by atoms with Crippen molar-refractivity contribution in [2.45, 2.75) is 51.4 Å². The van der Waals surface area contributed by atoms with Crippen molar-refractivity contribution >= 4 is 35.8 Å². The van der Waals surface area contributed by atoms with Crippen LogP contribution in [0.5, 0.6) is 5.75 Å². The molecule has 3 N–H and O–H groups in total. The fourth-order valence-electron chi connectivity index (χ4n) is 4.73. The predicted molar refractivity (Wildman–Crippen MR) is 139 cm³/mol. The predicted octanol–water partition coefficient (Wildman–Crippen LogP) is 3.30. The van der Waals surface area contributed by atoms with E-state index < -0.39 is 0 Å². The van der Waals surface area contributed by atoms with E-state index in [0.29, 0.717) is 25.5 Å². The highest BCUT2D eigenvalue weighted by Gasteiger charge is 2.35. The summed E-state index contributed by atoms with van der Waals surface area (Å²) in [4.78, 5) is 18.8. The summed E-state index contributed by atoms with van der Waals surface area (Å²) < 4.78 is 11.3. The minimum Gasteiger partial charge on any atom is -0.494 e. The number of amides is 1. The van der Waals surface area contributed by atoms with Crippen LogP contribution >= 0.6 is 24.0 Å². The maximum atomic E-state index is 11.4. The molecule has 0 radical (unpaired) electrons. The molecule has 2 heterocycles. The Balaban J connectivity index is 0.00000363. The minimum atomic E-state index is -0.217. The van der Waals surface area contributed by atoms with Crippen LogP contribution in [0.2, 0.25) is 0 Å². The Kier molecular flexibility index (Phi) is 11.0. The van der Waals surface area contributed by atoms with Crippen molar-refractivity contribution in [1.29, 1.82) is 0 Å². The van der Waals surface area contributed by atoms with Crippen LogP contribution in [0.25, 0.3) is 0 Å². The molecule has 0 aromatic heterocycles. The summed E-state index contributed by atoms with van der Waals surface area (Å²) in [7, 11) is 0. The van der Waals surface area contributed by atoms with Gasteiger partial charge in [0.2, 0.25) is 5.91 Å². The van der Waals surface area contributed by atoms with Gasteiger partial charge >= 0.3 is 0 Å². The number of piperidine rings is 1. The van der Waals surface area contributed by atoms with Crippen molar-refractivity contribution in [2.24, 2.45) is 16.6 Å². The largest absolute Gasteiger partial charge is 0.494 e. The maximum absolute atomic E-state index is 11.4. The molecule has 2 fully saturated rings. The first-order valence-corrected chi connectivity index (χ1v) is 11.7. The van der Waals surface area contributed by atoms with Crippen LogP contribution in [0, 0.1) is 5.92 Å². The molecule has 7 nitrogen and oxygen atoms in total. The van der Waals surface area contributed by atoms with E-state index in [-0.39, 0.29) is 35.3 Å².